The van der Waals surface area contributed by atoms with Gasteiger partial charge in [-0.1, -0.05) is 161 Å². The number of hydrogen-bond acceptors (Lipinski definition) is 0. The number of hydrogen-bond donors (Lipinski definition) is 0. The zero-order valence-electron chi connectivity index (χ0n) is 27.8. The van der Waals surface area contributed by atoms with Crippen LogP contribution in [0, 0.1) is 37.3 Å². The Bertz CT molecular complexity index is 768. The van der Waals surface area contributed by atoms with E-state index < -0.39 is 0 Å². The van der Waals surface area contributed by atoms with Crippen molar-refractivity contribution >= 4 is 0 Å². The van der Waals surface area contributed by atoms with E-state index in [9.17, 15) is 0 Å². The summed E-state index contributed by atoms with van der Waals surface area (Å²) in [5, 5.41) is 0. The second-order valence-corrected chi connectivity index (χ2v) is 17.1. The molecule has 2 aromatic rings. The van der Waals surface area contributed by atoms with E-state index in [-0.39, 0.29) is 69.8 Å². The molecule has 0 atom stereocenters. The van der Waals surface area contributed by atoms with Crippen LogP contribution in [0.5, 0.6) is 0 Å². The fourth-order valence-electron chi connectivity index (χ4n) is 3.85. The monoisotopic (exact) mass is 658 g/mol. The minimum Gasteiger partial charge on any atom is -0.0561 e. The van der Waals surface area contributed by atoms with Crippen molar-refractivity contribution in [3.8, 4) is 0 Å². The third-order valence-corrected chi connectivity index (χ3v) is 7.06. The van der Waals surface area contributed by atoms with Gasteiger partial charge in [-0.05, 0) is 65.9 Å². The molecule has 0 unspecified atom stereocenters. The molecule has 0 spiro atoms. The van der Waals surface area contributed by atoms with Crippen LogP contribution in [0.25, 0.3) is 0 Å². The molecule has 0 aromatic heterocycles. The number of rotatable bonds is 0. The van der Waals surface area contributed by atoms with Crippen LogP contribution in [-0.4, -0.2) is 0 Å². The third kappa shape index (κ3) is 11.4. The summed E-state index contributed by atoms with van der Waals surface area (Å²) in [6.07, 6.45) is 0. The van der Waals surface area contributed by atoms with Gasteiger partial charge in [0.2, 0.25) is 0 Å². The van der Waals surface area contributed by atoms with Gasteiger partial charge in [-0.2, -0.15) is 0 Å². The molecule has 0 fully saturated rings. The molecule has 2 aromatic carbocycles. The zero-order chi connectivity index (χ0) is 28.7. The normalized spacial score (nSPS) is 13.5. The van der Waals surface area contributed by atoms with Crippen LogP contribution in [0.1, 0.15) is 158 Å². The van der Waals surface area contributed by atoms with E-state index in [0.29, 0.717) is 0 Å². The fraction of sp³-hybridized carbons (Fsp3) is 0.667. The van der Waals surface area contributed by atoms with Crippen molar-refractivity contribution in [1.82, 2.24) is 0 Å². The van der Waals surface area contributed by atoms with Crippen LogP contribution in [0.3, 0.4) is 0 Å². The van der Waals surface area contributed by atoms with Gasteiger partial charge < -0.3 is 0 Å². The molecule has 0 heterocycles. The summed E-state index contributed by atoms with van der Waals surface area (Å²) in [7, 11) is 0. The van der Waals surface area contributed by atoms with E-state index in [0.717, 1.165) is 0 Å². The molecular formula is C36H60Er. The molecule has 0 aliphatic rings. The Labute approximate surface area is 262 Å². The van der Waals surface area contributed by atoms with Gasteiger partial charge in [-0.15, -0.1) is 0 Å². The van der Waals surface area contributed by atoms with E-state index in [4.69, 9.17) is 0 Å². The first-order chi connectivity index (χ1) is 15.6. The Kier molecular flexibility index (Phi) is 12.0. The van der Waals surface area contributed by atoms with Crippen molar-refractivity contribution in [3.63, 3.8) is 0 Å². The molecule has 0 N–H and O–H groups in total. The van der Waals surface area contributed by atoms with Gasteiger partial charge in [-0.25, -0.2) is 0 Å². The molecule has 216 valence electrons. The van der Waals surface area contributed by atoms with E-state index >= 15 is 0 Å². The smallest absolute Gasteiger partial charge is 0 e. The van der Waals surface area contributed by atoms with Gasteiger partial charge in [-0.3, -0.25) is 0 Å². The van der Waals surface area contributed by atoms with Crippen molar-refractivity contribution in [2.75, 3.05) is 0 Å². The van der Waals surface area contributed by atoms with Crippen molar-refractivity contribution in [2.45, 2.75) is 157 Å². The molecule has 0 nitrogen and oxygen atoms in total. The van der Waals surface area contributed by atoms with Crippen LogP contribution < -0.4 is 0 Å². The van der Waals surface area contributed by atoms with Crippen molar-refractivity contribution in [3.05, 3.63) is 69.8 Å². The second kappa shape index (κ2) is 12.1. The van der Waals surface area contributed by atoms with Crippen molar-refractivity contribution < 1.29 is 37.3 Å². The summed E-state index contributed by atoms with van der Waals surface area (Å²) in [6.45, 7) is 41.3. The Morgan fingerprint density at radius 1 is 0.243 bits per heavy atom. The number of benzene rings is 2. The standard InChI is InChI=1S/2C18H30.Er/c2*1-16(2,3)13-10-14(17(4,5)6)12-15(11-13)18(7,8)9;/h2*10-12H,1-9H3;. The fourth-order valence-corrected chi connectivity index (χ4v) is 3.85. The average molecular weight is 660 g/mol. The zero-order valence-corrected chi connectivity index (χ0v) is 29.6. The predicted molar refractivity (Wildman–Crippen MR) is 165 cm³/mol. The van der Waals surface area contributed by atoms with E-state index in [1.165, 1.54) is 33.4 Å². The van der Waals surface area contributed by atoms with Gasteiger partial charge in [0, 0.05) is 37.3 Å². The average Bonchev–Trinajstić information content (AvgIpc) is 2.63. The molecule has 0 aliphatic carbocycles. The Morgan fingerprint density at radius 3 is 0.378 bits per heavy atom. The maximum atomic E-state index is 2.38. The summed E-state index contributed by atoms with van der Waals surface area (Å²) in [6, 6.07) is 14.3. The third-order valence-electron chi connectivity index (χ3n) is 7.06. The minimum atomic E-state index is 0. The Hall–Kier alpha value is -0.313. The van der Waals surface area contributed by atoms with Crippen LogP contribution in [0.4, 0.5) is 0 Å². The summed E-state index contributed by atoms with van der Waals surface area (Å²) in [5.41, 5.74) is 9.92. The van der Waals surface area contributed by atoms with Crippen LogP contribution >= 0.6 is 0 Å². The summed E-state index contributed by atoms with van der Waals surface area (Å²) in [4.78, 5) is 0. The van der Waals surface area contributed by atoms with E-state index in [1.54, 1.807) is 0 Å². The van der Waals surface area contributed by atoms with Gasteiger partial charge in [0.1, 0.15) is 0 Å². The molecular weight excluding hydrogens is 600 g/mol. The molecule has 1 heteroatoms. The maximum Gasteiger partial charge on any atom is 0 e. The quantitative estimate of drug-likeness (QED) is 0.264. The Balaban J connectivity index is 0.000000682. The van der Waals surface area contributed by atoms with Crippen molar-refractivity contribution in [1.29, 1.82) is 0 Å². The molecule has 0 radical (unpaired) electrons. The van der Waals surface area contributed by atoms with E-state index in [2.05, 4.69) is 161 Å². The molecule has 0 saturated carbocycles. The van der Waals surface area contributed by atoms with Crippen LogP contribution in [-0.2, 0) is 32.5 Å². The first kappa shape index (κ1) is 36.7. The predicted octanol–water partition coefficient (Wildman–Crippen LogP) is 11.2. The Morgan fingerprint density at radius 2 is 0.324 bits per heavy atom. The van der Waals surface area contributed by atoms with Crippen molar-refractivity contribution in [2.24, 2.45) is 0 Å². The molecule has 2 rings (SSSR count). The largest absolute Gasteiger partial charge is 0.0561 e. The first-order valence-corrected chi connectivity index (χ1v) is 14.0. The molecule has 37 heavy (non-hydrogen) atoms. The van der Waals surface area contributed by atoms with Crippen LogP contribution in [0.2, 0.25) is 0 Å². The molecule has 0 saturated heterocycles. The summed E-state index contributed by atoms with van der Waals surface area (Å²) < 4.78 is 0. The first-order valence-electron chi connectivity index (χ1n) is 14.0. The van der Waals surface area contributed by atoms with E-state index in [1.807, 2.05) is 0 Å². The topological polar surface area (TPSA) is 0 Å². The molecule has 0 aliphatic heterocycles. The van der Waals surface area contributed by atoms with Gasteiger partial charge >= 0.3 is 0 Å². The van der Waals surface area contributed by atoms with Gasteiger partial charge in [0.25, 0.3) is 0 Å². The summed E-state index contributed by atoms with van der Waals surface area (Å²) >= 11 is 0. The second-order valence-electron chi connectivity index (χ2n) is 17.1. The molecule has 0 amide bonds. The molecule has 0 bridgehead atoms. The van der Waals surface area contributed by atoms with Gasteiger partial charge in [0.15, 0.2) is 0 Å². The van der Waals surface area contributed by atoms with Crippen LogP contribution in [0.15, 0.2) is 36.4 Å². The maximum absolute atomic E-state index is 2.38. The summed E-state index contributed by atoms with van der Waals surface area (Å²) in [5.74, 6) is 0. The van der Waals surface area contributed by atoms with Gasteiger partial charge in [0.05, 0.1) is 0 Å². The minimum absolute atomic E-state index is 0. The SMILES string of the molecule is CC(C)(C)c1cc(C(C)(C)C)cc(C(C)(C)C)c1.CC(C)(C)c1cc(C(C)(C)C)cc(C(C)(C)C)c1.[Er].